The molecule has 0 aliphatic carbocycles. The van der Waals surface area contributed by atoms with Gasteiger partial charge in [-0.3, -0.25) is 5.10 Å². The summed E-state index contributed by atoms with van der Waals surface area (Å²) in [5.74, 6) is 1.50. The van der Waals surface area contributed by atoms with E-state index in [2.05, 4.69) is 25.5 Å². The Morgan fingerprint density at radius 2 is 1.86 bits per heavy atom. The maximum Gasteiger partial charge on any atom is 0.229 e. The first-order valence-electron chi connectivity index (χ1n) is 7.01. The second-order valence-corrected chi connectivity index (χ2v) is 5.27. The molecule has 2 N–H and O–H groups in total. The minimum absolute atomic E-state index is 0.587. The molecular weight excluding hydrogens is 276 g/mol. The zero-order valence-corrected chi connectivity index (χ0v) is 12.8. The summed E-state index contributed by atoms with van der Waals surface area (Å²) >= 11 is 0. The molecule has 0 unspecified atom stereocenters. The fraction of sp³-hybridized carbons (Fsp3) is 0.188. The van der Waals surface area contributed by atoms with Crippen molar-refractivity contribution in [3.8, 4) is 11.3 Å². The molecule has 2 aromatic heterocycles. The number of aryl methyl sites for hydroxylation is 1. The number of hydrogen-bond acceptors (Lipinski definition) is 5. The van der Waals surface area contributed by atoms with Gasteiger partial charge in [0.05, 0.1) is 5.69 Å². The highest BCUT2D eigenvalue weighted by atomic mass is 15.2. The summed E-state index contributed by atoms with van der Waals surface area (Å²) in [6, 6.07) is 9.98. The molecule has 0 bridgehead atoms. The highest BCUT2D eigenvalue weighted by Crippen LogP contribution is 2.22. The second kappa shape index (κ2) is 5.85. The van der Waals surface area contributed by atoms with Gasteiger partial charge >= 0.3 is 0 Å². The predicted molar refractivity (Wildman–Crippen MR) is 88.4 cm³/mol. The van der Waals surface area contributed by atoms with Crippen LogP contribution >= 0.6 is 0 Å². The van der Waals surface area contributed by atoms with Crippen molar-refractivity contribution in [3.05, 3.63) is 48.3 Å². The van der Waals surface area contributed by atoms with E-state index in [4.69, 9.17) is 0 Å². The van der Waals surface area contributed by atoms with E-state index in [1.54, 1.807) is 6.20 Å². The summed E-state index contributed by atoms with van der Waals surface area (Å²) in [7, 11) is 3.94. The summed E-state index contributed by atoms with van der Waals surface area (Å²) in [4.78, 5) is 10.8. The number of benzene rings is 1. The summed E-state index contributed by atoms with van der Waals surface area (Å²) in [5.41, 5.74) is 4.07. The average Bonchev–Trinajstić information content (AvgIpc) is 3.04. The van der Waals surface area contributed by atoms with Crippen molar-refractivity contribution in [2.75, 3.05) is 24.3 Å². The highest BCUT2D eigenvalue weighted by Gasteiger charge is 2.06. The molecule has 0 atom stereocenters. The van der Waals surface area contributed by atoms with Crippen LogP contribution in [0.3, 0.4) is 0 Å². The third-order valence-corrected chi connectivity index (χ3v) is 3.32. The molecule has 0 amide bonds. The van der Waals surface area contributed by atoms with Crippen molar-refractivity contribution in [1.29, 1.82) is 0 Å². The zero-order chi connectivity index (χ0) is 15.5. The average molecular weight is 294 g/mol. The number of rotatable bonds is 4. The van der Waals surface area contributed by atoms with Gasteiger partial charge < -0.3 is 10.2 Å². The SMILES string of the molecule is Cc1cnc(Nc2ccc(-c3ccn[nH]3)cc2)nc1N(C)C. The first-order chi connectivity index (χ1) is 10.6. The van der Waals surface area contributed by atoms with E-state index in [-0.39, 0.29) is 0 Å². The van der Waals surface area contributed by atoms with Crippen LogP contribution in [0.4, 0.5) is 17.5 Å². The van der Waals surface area contributed by atoms with E-state index >= 15 is 0 Å². The molecule has 3 rings (SSSR count). The van der Waals surface area contributed by atoms with Crippen molar-refractivity contribution >= 4 is 17.5 Å². The van der Waals surface area contributed by atoms with Crippen molar-refractivity contribution < 1.29 is 0 Å². The fourth-order valence-electron chi connectivity index (χ4n) is 2.22. The van der Waals surface area contributed by atoms with Gasteiger partial charge in [0, 0.05) is 37.7 Å². The molecule has 2 heterocycles. The largest absolute Gasteiger partial charge is 0.362 e. The fourth-order valence-corrected chi connectivity index (χ4v) is 2.22. The molecule has 0 spiro atoms. The molecule has 0 aliphatic heterocycles. The summed E-state index contributed by atoms with van der Waals surface area (Å²) < 4.78 is 0. The van der Waals surface area contributed by atoms with Crippen molar-refractivity contribution in [3.63, 3.8) is 0 Å². The Balaban J connectivity index is 1.80. The van der Waals surface area contributed by atoms with Crippen LogP contribution in [0, 0.1) is 6.92 Å². The zero-order valence-electron chi connectivity index (χ0n) is 12.8. The smallest absolute Gasteiger partial charge is 0.229 e. The number of aromatic amines is 1. The Hall–Kier alpha value is -2.89. The van der Waals surface area contributed by atoms with Crippen molar-refractivity contribution in [2.24, 2.45) is 0 Å². The van der Waals surface area contributed by atoms with Crippen molar-refractivity contribution in [2.45, 2.75) is 6.92 Å². The molecule has 0 fully saturated rings. The molecule has 3 aromatic rings. The van der Waals surface area contributed by atoms with Crippen molar-refractivity contribution in [1.82, 2.24) is 20.2 Å². The molecule has 6 heteroatoms. The normalized spacial score (nSPS) is 10.5. The maximum absolute atomic E-state index is 4.53. The molecule has 0 saturated carbocycles. The van der Waals surface area contributed by atoms with E-state index in [1.807, 2.05) is 62.4 Å². The quantitative estimate of drug-likeness (QED) is 0.774. The van der Waals surface area contributed by atoms with Gasteiger partial charge in [-0.15, -0.1) is 0 Å². The lowest BCUT2D eigenvalue weighted by atomic mass is 10.1. The third kappa shape index (κ3) is 2.90. The molecule has 22 heavy (non-hydrogen) atoms. The van der Waals surface area contributed by atoms with Crippen LogP contribution in [0.1, 0.15) is 5.56 Å². The molecule has 0 radical (unpaired) electrons. The lowest BCUT2D eigenvalue weighted by Gasteiger charge is -2.15. The molecule has 0 saturated heterocycles. The van der Waals surface area contributed by atoms with Gasteiger partial charge in [-0.2, -0.15) is 10.1 Å². The van der Waals surface area contributed by atoms with Crippen LogP contribution in [0.15, 0.2) is 42.7 Å². The number of nitrogens with zero attached hydrogens (tertiary/aromatic N) is 4. The van der Waals surface area contributed by atoms with E-state index in [9.17, 15) is 0 Å². The van der Waals surface area contributed by atoms with E-state index in [1.165, 1.54) is 0 Å². The van der Waals surface area contributed by atoms with E-state index in [0.29, 0.717) is 5.95 Å². The predicted octanol–water partition coefficient (Wildman–Crippen LogP) is 2.98. The number of hydrogen-bond donors (Lipinski definition) is 2. The standard InChI is InChI=1S/C16H18N6/c1-11-10-17-16(20-15(11)22(2)3)19-13-6-4-12(5-7-13)14-8-9-18-21-14/h4-10H,1-3H3,(H,18,21)(H,17,19,20). The van der Waals surface area contributed by atoms with Crippen LogP contribution in [0.2, 0.25) is 0 Å². The minimum atomic E-state index is 0.587. The second-order valence-electron chi connectivity index (χ2n) is 5.27. The number of aromatic nitrogens is 4. The summed E-state index contributed by atoms with van der Waals surface area (Å²) in [6.07, 6.45) is 3.56. The van der Waals surface area contributed by atoms with Gasteiger partial charge in [0.2, 0.25) is 5.95 Å². The first kappa shape index (κ1) is 14.1. The number of H-pyrrole nitrogens is 1. The first-order valence-corrected chi connectivity index (χ1v) is 7.01. The monoisotopic (exact) mass is 294 g/mol. The van der Waals surface area contributed by atoms with Gasteiger partial charge in [-0.25, -0.2) is 4.98 Å². The van der Waals surface area contributed by atoms with E-state index < -0.39 is 0 Å². The van der Waals surface area contributed by atoms with Crippen LogP contribution < -0.4 is 10.2 Å². The summed E-state index contributed by atoms with van der Waals surface area (Å²) in [6.45, 7) is 2.00. The highest BCUT2D eigenvalue weighted by molar-refractivity contribution is 5.64. The van der Waals surface area contributed by atoms with Gasteiger partial charge in [-0.05, 0) is 30.7 Å². The molecule has 112 valence electrons. The van der Waals surface area contributed by atoms with Gasteiger partial charge in [0.1, 0.15) is 5.82 Å². The number of nitrogens with one attached hydrogen (secondary N) is 2. The van der Waals surface area contributed by atoms with Crippen LogP contribution in [-0.4, -0.2) is 34.3 Å². The Bertz CT molecular complexity index is 747. The van der Waals surface area contributed by atoms with Crippen LogP contribution in [0.25, 0.3) is 11.3 Å². The van der Waals surface area contributed by atoms with Crippen LogP contribution in [0.5, 0.6) is 0 Å². The number of anilines is 3. The van der Waals surface area contributed by atoms with E-state index in [0.717, 1.165) is 28.3 Å². The molecule has 1 aromatic carbocycles. The third-order valence-electron chi connectivity index (χ3n) is 3.32. The van der Waals surface area contributed by atoms with Gasteiger partial charge in [0.15, 0.2) is 0 Å². The lowest BCUT2D eigenvalue weighted by Crippen LogP contribution is -2.13. The van der Waals surface area contributed by atoms with Gasteiger partial charge in [-0.1, -0.05) is 12.1 Å². The maximum atomic E-state index is 4.53. The Morgan fingerprint density at radius 3 is 2.50 bits per heavy atom. The molecule has 0 aliphatic rings. The van der Waals surface area contributed by atoms with Crippen LogP contribution in [-0.2, 0) is 0 Å². The molecular formula is C16H18N6. The Labute approximate surface area is 129 Å². The topological polar surface area (TPSA) is 69.7 Å². The summed E-state index contributed by atoms with van der Waals surface area (Å²) in [5, 5.41) is 10.1. The Kier molecular flexibility index (Phi) is 3.74. The molecule has 6 nitrogen and oxygen atoms in total. The Morgan fingerprint density at radius 1 is 1.09 bits per heavy atom. The lowest BCUT2D eigenvalue weighted by molar-refractivity contribution is 1.02. The minimum Gasteiger partial charge on any atom is -0.362 e. The van der Waals surface area contributed by atoms with Gasteiger partial charge in [0.25, 0.3) is 0 Å².